The fourth-order valence-corrected chi connectivity index (χ4v) is 5.94. The average molecular weight is 509 g/mol. The lowest BCUT2D eigenvalue weighted by molar-refractivity contribution is 0.340. The molecule has 36 heavy (non-hydrogen) atoms. The van der Waals surface area contributed by atoms with Gasteiger partial charge in [-0.1, -0.05) is 83.9 Å². The van der Waals surface area contributed by atoms with Crippen molar-refractivity contribution in [3.05, 3.63) is 136 Å². The summed E-state index contributed by atoms with van der Waals surface area (Å²) in [6, 6.07) is 37.9. The first kappa shape index (κ1) is 23.1. The van der Waals surface area contributed by atoms with Gasteiger partial charge in [0, 0.05) is 21.7 Å². The quantitative estimate of drug-likeness (QED) is 0.268. The average Bonchev–Trinajstić information content (AvgIpc) is 2.92. The van der Waals surface area contributed by atoms with Crippen LogP contribution in [0.1, 0.15) is 30.0 Å². The van der Waals surface area contributed by atoms with Crippen molar-refractivity contribution in [1.29, 1.82) is 0 Å². The number of anilines is 1. The second-order valence-electron chi connectivity index (χ2n) is 9.42. The molecule has 2 saturated heterocycles. The Balaban J connectivity index is 1.55. The van der Waals surface area contributed by atoms with E-state index >= 15 is 0 Å². The molecule has 4 heteroatoms. The number of benzene rings is 4. The van der Waals surface area contributed by atoms with Crippen molar-refractivity contribution in [3.8, 4) is 0 Å². The van der Waals surface area contributed by atoms with Crippen molar-refractivity contribution in [2.24, 2.45) is 10.9 Å². The third-order valence-corrected chi connectivity index (χ3v) is 7.74. The highest BCUT2D eigenvalue weighted by Gasteiger charge is 2.48. The molecule has 3 atom stereocenters. The van der Waals surface area contributed by atoms with E-state index in [0.717, 1.165) is 34.1 Å². The number of aliphatic imine (C=N–C) groups is 1. The Kier molecular flexibility index (Phi) is 6.39. The van der Waals surface area contributed by atoms with Gasteiger partial charge >= 0.3 is 0 Å². The van der Waals surface area contributed by atoms with Gasteiger partial charge in [0.1, 0.15) is 0 Å². The molecule has 2 heterocycles. The van der Waals surface area contributed by atoms with Crippen LogP contribution in [0.2, 0.25) is 10.0 Å². The lowest BCUT2D eigenvalue weighted by atomic mass is 9.67. The van der Waals surface area contributed by atoms with Gasteiger partial charge in [0.05, 0.1) is 23.5 Å². The summed E-state index contributed by atoms with van der Waals surface area (Å²) in [5.41, 5.74) is 7.09. The molecule has 7 rings (SSSR count). The standard InChI is InChI=1S/C32H26Cl2N2/c33-24-15-11-22(12-16-24)21-29-30-20-19-28(31(29)35-26-7-3-1-4-8-26)32(23-13-17-25(34)18-14-23)36(30)27-9-5-2-6-10-27/h1-18,21,28,30,32H,19-20H2/b29-21+,35-31?/t28-,30+,32+/m0/s1. The number of fused-ring (bicyclic) bond motifs is 3. The van der Waals surface area contributed by atoms with E-state index in [9.17, 15) is 0 Å². The van der Waals surface area contributed by atoms with E-state index in [1.165, 1.54) is 22.5 Å². The van der Waals surface area contributed by atoms with Gasteiger partial charge in [0.2, 0.25) is 0 Å². The summed E-state index contributed by atoms with van der Waals surface area (Å²) in [6.45, 7) is 0. The summed E-state index contributed by atoms with van der Waals surface area (Å²) < 4.78 is 0. The molecule has 1 saturated carbocycles. The SMILES string of the molecule is Clc1ccc(/C=C2/C(=Nc3ccccc3)[C@@H]3CC[C@H]2N(c2ccccc2)[C@@H]3c2ccc(Cl)cc2)cc1. The van der Waals surface area contributed by atoms with Crippen LogP contribution in [0, 0.1) is 5.92 Å². The van der Waals surface area contributed by atoms with Crippen molar-refractivity contribution < 1.29 is 0 Å². The Morgan fingerprint density at radius 2 is 1.31 bits per heavy atom. The van der Waals surface area contributed by atoms with Gasteiger partial charge in [-0.15, -0.1) is 0 Å². The molecule has 0 N–H and O–H groups in total. The highest BCUT2D eigenvalue weighted by Crippen LogP contribution is 2.51. The molecule has 4 aromatic rings. The van der Waals surface area contributed by atoms with Crippen LogP contribution in [-0.2, 0) is 0 Å². The minimum atomic E-state index is 0.174. The van der Waals surface area contributed by atoms with Crippen molar-refractivity contribution in [2.45, 2.75) is 24.9 Å². The summed E-state index contributed by atoms with van der Waals surface area (Å²) in [7, 11) is 0. The maximum absolute atomic E-state index is 6.29. The maximum atomic E-state index is 6.29. The Morgan fingerprint density at radius 3 is 1.97 bits per heavy atom. The molecule has 0 unspecified atom stereocenters. The number of hydrogen-bond acceptors (Lipinski definition) is 2. The third kappa shape index (κ3) is 4.48. The first-order valence-corrected chi connectivity index (χ1v) is 13.1. The van der Waals surface area contributed by atoms with Gasteiger partial charge in [-0.3, -0.25) is 4.99 Å². The Bertz CT molecular complexity index is 1390. The van der Waals surface area contributed by atoms with Crippen molar-refractivity contribution in [3.63, 3.8) is 0 Å². The molecule has 0 radical (unpaired) electrons. The van der Waals surface area contributed by atoms with Crippen LogP contribution in [0.3, 0.4) is 0 Å². The molecule has 2 nitrogen and oxygen atoms in total. The molecule has 0 aromatic heterocycles. The molecular weight excluding hydrogens is 483 g/mol. The first-order chi connectivity index (χ1) is 17.7. The van der Waals surface area contributed by atoms with Crippen LogP contribution >= 0.6 is 23.2 Å². The summed E-state index contributed by atoms with van der Waals surface area (Å²) in [5, 5.41) is 1.50. The van der Waals surface area contributed by atoms with Gasteiger partial charge in [0.15, 0.2) is 0 Å². The van der Waals surface area contributed by atoms with Crippen LogP contribution in [-0.4, -0.2) is 11.8 Å². The smallest absolute Gasteiger partial charge is 0.0633 e. The summed E-state index contributed by atoms with van der Waals surface area (Å²) in [6.07, 6.45) is 4.48. The van der Waals surface area contributed by atoms with E-state index in [1.807, 2.05) is 30.3 Å². The zero-order valence-electron chi connectivity index (χ0n) is 19.8. The van der Waals surface area contributed by atoms with Gasteiger partial charge in [0.25, 0.3) is 0 Å². The van der Waals surface area contributed by atoms with E-state index in [2.05, 4.69) is 89.8 Å². The normalized spacial score (nSPS) is 23.4. The second-order valence-corrected chi connectivity index (χ2v) is 10.3. The predicted molar refractivity (Wildman–Crippen MR) is 153 cm³/mol. The highest BCUT2D eigenvalue weighted by atomic mass is 35.5. The van der Waals surface area contributed by atoms with Crippen LogP contribution < -0.4 is 4.90 Å². The van der Waals surface area contributed by atoms with Crippen molar-refractivity contribution in [1.82, 2.24) is 0 Å². The van der Waals surface area contributed by atoms with E-state index in [-0.39, 0.29) is 18.0 Å². The van der Waals surface area contributed by atoms with E-state index in [1.54, 1.807) is 0 Å². The predicted octanol–water partition coefficient (Wildman–Crippen LogP) is 9.19. The zero-order chi connectivity index (χ0) is 24.5. The zero-order valence-corrected chi connectivity index (χ0v) is 21.3. The molecule has 1 aliphatic carbocycles. The monoisotopic (exact) mass is 508 g/mol. The fourth-order valence-electron chi connectivity index (χ4n) is 5.69. The van der Waals surface area contributed by atoms with Gasteiger partial charge in [-0.25, -0.2) is 0 Å². The summed E-state index contributed by atoms with van der Waals surface area (Å²) >= 11 is 12.5. The largest absolute Gasteiger partial charge is 0.357 e. The lowest BCUT2D eigenvalue weighted by Gasteiger charge is -2.54. The number of para-hydroxylation sites is 2. The summed E-state index contributed by atoms with van der Waals surface area (Å²) in [4.78, 5) is 7.89. The van der Waals surface area contributed by atoms with Crippen LogP contribution in [0.25, 0.3) is 6.08 Å². The maximum Gasteiger partial charge on any atom is 0.0633 e. The molecule has 0 amide bonds. The number of nitrogens with zero attached hydrogens (tertiary/aromatic N) is 2. The molecule has 4 aromatic carbocycles. The van der Waals surface area contributed by atoms with Crippen LogP contribution in [0.5, 0.6) is 0 Å². The van der Waals surface area contributed by atoms with Gasteiger partial charge in [-0.2, -0.15) is 0 Å². The van der Waals surface area contributed by atoms with Crippen molar-refractivity contribution in [2.75, 3.05) is 4.90 Å². The second kappa shape index (κ2) is 9.97. The first-order valence-electron chi connectivity index (χ1n) is 12.4. The number of piperidine rings is 2. The highest BCUT2D eigenvalue weighted by molar-refractivity contribution is 6.30. The van der Waals surface area contributed by atoms with E-state index in [0.29, 0.717) is 0 Å². The number of hydrogen-bond donors (Lipinski definition) is 0. The molecule has 2 aliphatic heterocycles. The minimum Gasteiger partial charge on any atom is -0.357 e. The molecule has 3 aliphatic rings. The Labute approximate surface area is 222 Å². The van der Waals surface area contributed by atoms with E-state index < -0.39 is 0 Å². The summed E-state index contributed by atoms with van der Waals surface area (Å²) in [5.74, 6) is 0.245. The Morgan fingerprint density at radius 1 is 0.694 bits per heavy atom. The molecular formula is C32H26Cl2N2. The van der Waals surface area contributed by atoms with Gasteiger partial charge < -0.3 is 4.90 Å². The molecule has 0 spiro atoms. The molecule has 178 valence electrons. The molecule has 2 bridgehead atoms. The van der Waals surface area contributed by atoms with Gasteiger partial charge in [-0.05, 0) is 84.1 Å². The fraction of sp³-hybridized carbons (Fsp3) is 0.156. The Hall–Kier alpha value is -3.33. The van der Waals surface area contributed by atoms with Crippen LogP contribution in [0.4, 0.5) is 11.4 Å². The third-order valence-electron chi connectivity index (χ3n) is 7.24. The van der Waals surface area contributed by atoms with E-state index in [4.69, 9.17) is 28.2 Å². The molecule has 3 fully saturated rings. The number of halogens is 2. The topological polar surface area (TPSA) is 15.6 Å². The minimum absolute atomic E-state index is 0.174. The van der Waals surface area contributed by atoms with Crippen molar-refractivity contribution >= 4 is 46.4 Å². The number of rotatable bonds is 4. The lowest BCUT2D eigenvalue weighted by Crippen LogP contribution is -2.56. The van der Waals surface area contributed by atoms with Crippen LogP contribution in [0.15, 0.2) is 120 Å².